The number of carbonyl (C=O) groups is 1. The van der Waals surface area contributed by atoms with Gasteiger partial charge in [0.05, 0.1) is 0 Å². The summed E-state index contributed by atoms with van der Waals surface area (Å²) < 4.78 is 0. The molecule has 0 fully saturated rings. The zero-order valence-corrected chi connectivity index (χ0v) is 11.4. The van der Waals surface area contributed by atoms with Gasteiger partial charge in [-0.15, -0.1) is 0 Å². The molecule has 100 valence electrons. The average molecular weight is 270 g/mol. The first-order valence-electron chi connectivity index (χ1n) is 6.26. The molecule has 0 spiro atoms. The first kappa shape index (κ1) is 15.0. The van der Waals surface area contributed by atoms with Gasteiger partial charge in [0.1, 0.15) is 0 Å². The first-order valence-corrected chi connectivity index (χ1v) is 6.64. The van der Waals surface area contributed by atoms with Crippen molar-refractivity contribution >= 4 is 17.5 Å². The molecule has 0 saturated heterocycles. The van der Waals surface area contributed by atoms with Crippen LogP contribution in [0.2, 0.25) is 5.02 Å². The van der Waals surface area contributed by atoms with Crippen LogP contribution in [-0.4, -0.2) is 23.7 Å². The van der Waals surface area contributed by atoms with Gasteiger partial charge in [0, 0.05) is 24.1 Å². The van der Waals surface area contributed by atoms with Gasteiger partial charge in [-0.25, -0.2) is 0 Å². The summed E-state index contributed by atoms with van der Waals surface area (Å²) in [6, 6.07) is 7.75. The van der Waals surface area contributed by atoms with E-state index in [1.807, 2.05) is 31.2 Å². The van der Waals surface area contributed by atoms with Crippen LogP contribution in [0.25, 0.3) is 0 Å². The number of nitrogens with one attached hydrogen (secondary N) is 1. The van der Waals surface area contributed by atoms with E-state index in [4.69, 9.17) is 16.7 Å². The van der Waals surface area contributed by atoms with Crippen molar-refractivity contribution in [3.63, 3.8) is 0 Å². The number of unbranched alkanes of at least 4 members (excludes halogenated alkanes) is 1. The summed E-state index contributed by atoms with van der Waals surface area (Å²) >= 11 is 5.91. The van der Waals surface area contributed by atoms with E-state index in [1.54, 1.807) is 0 Å². The molecule has 0 aliphatic rings. The highest BCUT2D eigenvalue weighted by Crippen LogP contribution is 2.12. The van der Waals surface area contributed by atoms with Gasteiger partial charge in [-0.1, -0.05) is 23.7 Å². The quantitative estimate of drug-likeness (QED) is 0.748. The maximum absolute atomic E-state index is 11.6. The lowest BCUT2D eigenvalue weighted by molar-refractivity contribution is -0.121. The molecule has 18 heavy (non-hydrogen) atoms. The molecule has 1 unspecified atom stereocenters. The SMILES string of the molecule is CC(Cc1cccc(Cl)c1)NC(=O)CCCCO. The third-order valence-electron chi connectivity index (χ3n) is 2.65. The topological polar surface area (TPSA) is 49.3 Å². The molecule has 0 aliphatic heterocycles. The van der Waals surface area contributed by atoms with Crippen molar-refractivity contribution < 1.29 is 9.90 Å². The van der Waals surface area contributed by atoms with Gasteiger partial charge in [-0.3, -0.25) is 4.79 Å². The van der Waals surface area contributed by atoms with E-state index in [-0.39, 0.29) is 18.6 Å². The van der Waals surface area contributed by atoms with Gasteiger partial charge in [0.15, 0.2) is 0 Å². The fourth-order valence-corrected chi connectivity index (χ4v) is 2.03. The zero-order chi connectivity index (χ0) is 13.4. The van der Waals surface area contributed by atoms with Crippen LogP contribution in [-0.2, 0) is 11.2 Å². The normalized spacial score (nSPS) is 12.2. The third-order valence-corrected chi connectivity index (χ3v) is 2.89. The van der Waals surface area contributed by atoms with E-state index in [0.29, 0.717) is 17.9 Å². The van der Waals surface area contributed by atoms with E-state index >= 15 is 0 Å². The highest BCUT2D eigenvalue weighted by atomic mass is 35.5. The van der Waals surface area contributed by atoms with Crippen LogP contribution in [0.4, 0.5) is 0 Å². The number of halogens is 1. The second kappa shape index (κ2) is 8.11. The number of aliphatic hydroxyl groups excluding tert-OH is 1. The van der Waals surface area contributed by atoms with Gasteiger partial charge in [-0.05, 0) is 43.9 Å². The number of hydrogen-bond donors (Lipinski definition) is 2. The van der Waals surface area contributed by atoms with E-state index in [9.17, 15) is 4.79 Å². The largest absolute Gasteiger partial charge is 0.396 e. The lowest BCUT2D eigenvalue weighted by atomic mass is 10.1. The van der Waals surface area contributed by atoms with Crippen LogP contribution >= 0.6 is 11.6 Å². The summed E-state index contributed by atoms with van der Waals surface area (Å²) in [5, 5.41) is 12.3. The molecule has 1 atom stereocenters. The van der Waals surface area contributed by atoms with Crippen molar-refractivity contribution in [3.05, 3.63) is 34.9 Å². The Kier molecular flexibility index (Phi) is 6.76. The second-order valence-corrected chi connectivity index (χ2v) is 4.92. The van der Waals surface area contributed by atoms with Crippen LogP contribution in [0, 0.1) is 0 Å². The smallest absolute Gasteiger partial charge is 0.220 e. The molecule has 1 rings (SSSR count). The van der Waals surface area contributed by atoms with Gasteiger partial charge < -0.3 is 10.4 Å². The Bertz CT molecular complexity index is 382. The van der Waals surface area contributed by atoms with Gasteiger partial charge in [0.25, 0.3) is 0 Å². The summed E-state index contributed by atoms with van der Waals surface area (Å²) in [5.74, 6) is 0.0398. The lowest BCUT2D eigenvalue weighted by Crippen LogP contribution is -2.33. The summed E-state index contributed by atoms with van der Waals surface area (Å²) in [7, 11) is 0. The molecule has 3 nitrogen and oxygen atoms in total. The Hall–Kier alpha value is -1.06. The van der Waals surface area contributed by atoms with Crippen LogP contribution in [0.5, 0.6) is 0 Å². The van der Waals surface area contributed by atoms with Crippen LogP contribution in [0.1, 0.15) is 31.7 Å². The van der Waals surface area contributed by atoms with E-state index in [2.05, 4.69) is 5.32 Å². The Labute approximate surface area is 113 Å². The predicted molar refractivity (Wildman–Crippen MR) is 73.7 cm³/mol. The maximum Gasteiger partial charge on any atom is 0.220 e. The number of aliphatic hydroxyl groups is 1. The average Bonchev–Trinajstić information content (AvgIpc) is 2.29. The highest BCUT2D eigenvalue weighted by Gasteiger charge is 2.08. The van der Waals surface area contributed by atoms with Crippen LogP contribution < -0.4 is 5.32 Å². The van der Waals surface area contributed by atoms with Crippen molar-refractivity contribution in [2.45, 2.75) is 38.6 Å². The number of hydrogen-bond acceptors (Lipinski definition) is 2. The number of carbonyl (C=O) groups excluding carboxylic acids is 1. The fraction of sp³-hybridized carbons (Fsp3) is 0.500. The molecule has 0 aromatic heterocycles. The lowest BCUT2D eigenvalue weighted by Gasteiger charge is -2.14. The molecule has 4 heteroatoms. The molecule has 2 N–H and O–H groups in total. The molecule has 1 aromatic carbocycles. The number of rotatable bonds is 7. The molecule has 0 heterocycles. The van der Waals surface area contributed by atoms with E-state index in [0.717, 1.165) is 18.4 Å². The number of benzene rings is 1. The minimum atomic E-state index is 0.0398. The van der Waals surface area contributed by atoms with Crippen molar-refractivity contribution in [2.24, 2.45) is 0 Å². The highest BCUT2D eigenvalue weighted by molar-refractivity contribution is 6.30. The monoisotopic (exact) mass is 269 g/mol. The molecule has 0 radical (unpaired) electrons. The molecule has 0 aliphatic carbocycles. The summed E-state index contributed by atoms with van der Waals surface area (Å²) in [4.78, 5) is 11.6. The molecule has 1 amide bonds. The van der Waals surface area contributed by atoms with E-state index < -0.39 is 0 Å². The Morgan fingerprint density at radius 2 is 2.22 bits per heavy atom. The summed E-state index contributed by atoms with van der Waals surface area (Å²) in [5.41, 5.74) is 1.12. The molecular weight excluding hydrogens is 250 g/mol. The molecule has 1 aromatic rings. The van der Waals surface area contributed by atoms with Crippen LogP contribution in [0.3, 0.4) is 0 Å². The van der Waals surface area contributed by atoms with Gasteiger partial charge >= 0.3 is 0 Å². The Morgan fingerprint density at radius 3 is 2.89 bits per heavy atom. The number of amides is 1. The molecule has 0 saturated carbocycles. The summed E-state index contributed by atoms with van der Waals surface area (Å²) in [6.45, 7) is 2.12. The standard InChI is InChI=1S/C14H20ClNO2/c1-11(16-14(18)7-2-3-8-17)9-12-5-4-6-13(15)10-12/h4-6,10-11,17H,2-3,7-9H2,1H3,(H,16,18). The summed E-state index contributed by atoms with van der Waals surface area (Å²) in [6.07, 6.45) is 2.65. The van der Waals surface area contributed by atoms with Gasteiger partial charge in [0.2, 0.25) is 5.91 Å². The van der Waals surface area contributed by atoms with Crippen LogP contribution in [0.15, 0.2) is 24.3 Å². The fourth-order valence-electron chi connectivity index (χ4n) is 1.81. The maximum atomic E-state index is 11.6. The van der Waals surface area contributed by atoms with Crippen molar-refractivity contribution in [3.8, 4) is 0 Å². The zero-order valence-electron chi connectivity index (χ0n) is 10.7. The second-order valence-electron chi connectivity index (χ2n) is 4.48. The predicted octanol–water partition coefficient (Wildman–Crippen LogP) is 2.55. The van der Waals surface area contributed by atoms with Crippen molar-refractivity contribution in [1.82, 2.24) is 5.32 Å². The molecule has 0 bridgehead atoms. The minimum absolute atomic E-state index is 0.0398. The third kappa shape index (κ3) is 6.03. The molecular formula is C14H20ClNO2. The minimum Gasteiger partial charge on any atom is -0.396 e. The van der Waals surface area contributed by atoms with Gasteiger partial charge in [-0.2, -0.15) is 0 Å². The first-order chi connectivity index (χ1) is 8.61. The van der Waals surface area contributed by atoms with Crippen molar-refractivity contribution in [1.29, 1.82) is 0 Å². The Balaban J connectivity index is 2.32. The van der Waals surface area contributed by atoms with Crippen molar-refractivity contribution in [2.75, 3.05) is 6.61 Å². The Morgan fingerprint density at radius 1 is 1.44 bits per heavy atom. The van der Waals surface area contributed by atoms with E-state index in [1.165, 1.54) is 0 Å².